The monoisotopic (exact) mass is 196 g/mol. The van der Waals surface area contributed by atoms with Crippen molar-refractivity contribution in [1.29, 1.82) is 0 Å². The van der Waals surface area contributed by atoms with Crippen LogP contribution in [0.1, 0.15) is 45.4 Å². The molecule has 14 heavy (non-hydrogen) atoms. The minimum absolute atomic E-state index is 0.158. The summed E-state index contributed by atoms with van der Waals surface area (Å²) in [5.74, 6) is 0.324. The summed E-state index contributed by atoms with van der Waals surface area (Å²) in [5.41, 5.74) is 5.63. The Morgan fingerprint density at radius 3 is 2.43 bits per heavy atom. The molecule has 0 aromatic carbocycles. The lowest BCUT2D eigenvalue weighted by Crippen LogP contribution is -2.46. The van der Waals surface area contributed by atoms with E-state index in [2.05, 4.69) is 5.32 Å². The number of nitrogens with two attached hydrogens (primary N) is 1. The molecule has 0 aliphatic carbocycles. The van der Waals surface area contributed by atoms with Gasteiger partial charge in [-0.25, -0.2) is 0 Å². The zero-order valence-electron chi connectivity index (χ0n) is 8.94. The number of carbonyl (C=O) groups is 1. The molecule has 0 amide bonds. The van der Waals surface area contributed by atoms with E-state index in [-0.39, 0.29) is 11.1 Å². The normalized spacial score (nSPS) is 40.4. The fourth-order valence-electron chi connectivity index (χ4n) is 3.11. The van der Waals surface area contributed by atoms with E-state index in [0.717, 1.165) is 45.1 Å². The summed E-state index contributed by atoms with van der Waals surface area (Å²) >= 11 is 0. The van der Waals surface area contributed by atoms with Crippen molar-refractivity contribution in [3.8, 4) is 0 Å². The summed E-state index contributed by atoms with van der Waals surface area (Å²) in [5, 5.41) is 3.58. The highest BCUT2D eigenvalue weighted by molar-refractivity contribution is 5.87. The zero-order valence-corrected chi connectivity index (χ0v) is 8.94. The number of carbonyl (C=O) groups excluding carboxylic acids is 1. The van der Waals surface area contributed by atoms with Crippen molar-refractivity contribution in [2.24, 2.45) is 5.73 Å². The van der Waals surface area contributed by atoms with Crippen molar-refractivity contribution in [1.82, 2.24) is 5.32 Å². The topological polar surface area (TPSA) is 55.1 Å². The first-order chi connectivity index (χ1) is 6.63. The summed E-state index contributed by atoms with van der Waals surface area (Å²) in [6.45, 7) is 2.48. The first kappa shape index (κ1) is 10.1. The van der Waals surface area contributed by atoms with E-state index < -0.39 is 0 Å². The molecule has 2 aliphatic rings. The molecule has 0 unspecified atom stereocenters. The molecular formula is C11H20N2O. The molecule has 0 spiro atoms. The second kappa shape index (κ2) is 3.31. The molecule has 0 aromatic rings. The lowest BCUT2D eigenvalue weighted by molar-refractivity contribution is -0.122. The van der Waals surface area contributed by atoms with Crippen LogP contribution in [0.15, 0.2) is 0 Å². The van der Waals surface area contributed by atoms with Crippen molar-refractivity contribution in [3.05, 3.63) is 0 Å². The van der Waals surface area contributed by atoms with E-state index >= 15 is 0 Å². The smallest absolute Gasteiger partial charge is 0.149 e. The second-order valence-electron chi connectivity index (χ2n) is 4.94. The Morgan fingerprint density at radius 1 is 1.36 bits per heavy atom. The largest absolute Gasteiger partial charge is 0.330 e. The van der Waals surface area contributed by atoms with E-state index in [9.17, 15) is 4.79 Å². The predicted octanol–water partition coefficient (Wildman–Crippen LogP) is 0.969. The average Bonchev–Trinajstić information content (AvgIpc) is 2.72. The van der Waals surface area contributed by atoms with Gasteiger partial charge in [-0.05, 0) is 52.0 Å². The van der Waals surface area contributed by atoms with Crippen LogP contribution < -0.4 is 11.1 Å². The Bertz CT molecular complexity index is 242. The third-order valence-electron chi connectivity index (χ3n) is 4.10. The van der Waals surface area contributed by atoms with Gasteiger partial charge in [0.15, 0.2) is 0 Å². The van der Waals surface area contributed by atoms with Crippen LogP contribution in [-0.2, 0) is 4.79 Å². The molecule has 0 aromatic heterocycles. The summed E-state index contributed by atoms with van der Waals surface area (Å²) in [7, 11) is 0. The zero-order chi connectivity index (χ0) is 10.2. The third-order valence-corrected chi connectivity index (χ3v) is 4.10. The van der Waals surface area contributed by atoms with Crippen LogP contribution in [0.3, 0.4) is 0 Å². The number of hydrogen-bond donors (Lipinski definition) is 2. The van der Waals surface area contributed by atoms with Gasteiger partial charge in [0.25, 0.3) is 0 Å². The molecule has 2 rings (SSSR count). The molecule has 80 valence electrons. The number of hydrogen-bond acceptors (Lipinski definition) is 3. The van der Waals surface area contributed by atoms with Crippen LogP contribution in [0.5, 0.6) is 0 Å². The van der Waals surface area contributed by atoms with Gasteiger partial charge in [-0.2, -0.15) is 0 Å². The fourth-order valence-corrected chi connectivity index (χ4v) is 3.11. The van der Waals surface area contributed by atoms with E-state index in [0.29, 0.717) is 5.78 Å². The molecule has 3 nitrogen and oxygen atoms in total. The van der Waals surface area contributed by atoms with E-state index in [4.69, 9.17) is 5.73 Å². The number of fused-ring (bicyclic) bond motifs is 2. The van der Waals surface area contributed by atoms with Crippen molar-refractivity contribution < 1.29 is 4.79 Å². The van der Waals surface area contributed by atoms with Crippen molar-refractivity contribution in [2.75, 3.05) is 6.54 Å². The van der Waals surface area contributed by atoms with E-state index in [1.807, 2.05) is 0 Å². The molecule has 2 heterocycles. The van der Waals surface area contributed by atoms with E-state index in [1.165, 1.54) is 0 Å². The molecule has 2 saturated heterocycles. The van der Waals surface area contributed by atoms with Crippen molar-refractivity contribution in [2.45, 2.75) is 56.5 Å². The minimum Gasteiger partial charge on any atom is -0.330 e. The summed E-state index contributed by atoms with van der Waals surface area (Å²) < 4.78 is 0. The molecule has 0 radical (unpaired) electrons. The predicted molar refractivity (Wildman–Crippen MR) is 56.0 cm³/mol. The molecule has 2 bridgehead atoms. The first-order valence-electron chi connectivity index (χ1n) is 5.63. The van der Waals surface area contributed by atoms with Crippen LogP contribution in [0, 0.1) is 0 Å². The summed E-state index contributed by atoms with van der Waals surface area (Å²) in [6, 6.07) is 0. The Balaban J connectivity index is 2.04. The quantitative estimate of drug-likeness (QED) is 0.704. The Labute approximate surface area is 85.4 Å². The van der Waals surface area contributed by atoms with Gasteiger partial charge < -0.3 is 5.73 Å². The number of ketones is 1. The van der Waals surface area contributed by atoms with Gasteiger partial charge >= 0.3 is 0 Å². The Kier molecular flexibility index (Phi) is 2.40. The number of nitrogens with one attached hydrogen (secondary N) is 1. The first-order valence-corrected chi connectivity index (χ1v) is 5.63. The van der Waals surface area contributed by atoms with Crippen LogP contribution >= 0.6 is 0 Å². The van der Waals surface area contributed by atoms with Crippen LogP contribution in [0.25, 0.3) is 0 Å². The standard InChI is InChI=1S/C11H20N2O/c1-9(14)11-6-4-10(13-11,5-7-11)3-2-8-12/h13H,2-8,12H2,1H3. The molecule has 3 heteroatoms. The maximum Gasteiger partial charge on any atom is 0.149 e. The van der Waals surface area contributed by atoms with Crippen LogP contribution in [0.2, 0.25) is 0 Å². The lowest BCUT2D eigenvalue weighted by atomic mass is 9.78. The summed E-state index contributed by atoms with van der Waals surface area (Å²) in [4.78, 5) is 11.6. The van der Waals surface area contributed by atoms with E-state index in [1.54, 1.807) is 6.92 Å². The second-order valence-corrected chi connectivity index (χ2v) is 4.94. The van der Waals surface area contributed by atoms with Gasteiger partial charge in [0, 0.05) is 5.54 Å². The number of Topliss-reactive ketones (excluding diaryl/α,β-unsaturated/α-hetero) is 1. The molecule has 0 atom stereocenters. The highest BCUT2D eigenvalue weighted by atomic mass is 16.1. The molecule has 3 N–H and O–H groups in total. The van der Waals surface area contributed by atoms with Gasteiger partial charge in [-0.1, -0.05) is 0 Å². The van der Waals surface area contributed by atoms with Gasteiger partial charge in [-0.3, -0.25) is 10.1 Å². The molecule has 2 fully saturated rings. The van der Waals surface area contributed by atoms with Gasteiger partial charge in [0.1, 0.15) is 5.78 Å². The van der Waals surface area contributed by atoms with Gasteiger partial charge in [-0.15, -0.1) is 0 Å². The maximum atomic E-state index is 11.6. The third kappa shape index (κ3) is 1.39. The Morgan fingerprint density at radius 2 is 2.00 bits per heavy atom. The lowest BCUT2D eigenvalue weighted by Gasteiger charge is -2.25. The Hall–Kier alpha value is -0.410. The number of rotatable bonds is 4. The van der Waals surface area contributed by atoms with Crippen LogP contribution in [0.4, 0.5) is 0 Å². The van der Waals surface area contributed by atoms with Crippen LogP contribution in [-0.4, -0.2) is 23.4 Å². The maximum absolute atomic E-state index is 11.6. The fraction of sp³-hybridized carbons (Fsp3) is 0.909. The molecule has 2 aliphatic heterocycles. The van der Waals surface area contributed by atoms with Crippen molar-refractivity contribution in [3.63, 3.8) is 0 Å². The highest BCUT2D eigenvalue weighted by Gasteiger charge is 2.55. The highest BCUT2D eigenvalue weighted by Crippen LogP contribution is 2.47. The molecule has 0 saturated carbocycles. The van der Waals surface area contributed by atoms with Gasteiger partial charge in [0.05, 0.1) is 5.54 Å². The molecular weight excluding hydrogens is 176 g/mol. The van der Waals surface area contributed by atoms with Crippen molar-refractivity contribution >= 4 is 5.78 Å². The minimum atomic E-state index is -0.158. The average molecular weight is 196 g/mol. The van der Waals surface area contributed by atoms with Gasteiger partial charge in [0.2, 0.25) is 0 Å². The SMILES string of the molecule is CC(=O)C12CCC(CCCN)(CC1)N2. The summed E-state index contributed by atoms with van der Waals surface area (Å²) in [6.07, 6.45) is 6.60.